The van der Waals surface area contributed by atoms with E-state index in [1.807, 2.05) is 0 Å². The van der Waals surface area contributed by atoms with Crippen molar-refractivity contribution in [2.45, 2.75) is 175 Å². The predicted molar refractivity (Wildman–Crippen MR) is 165 cm³/mol. The van der Waals surface area contributed by atoms with Crippen molar-refractivity contribution < 1.29 is 76.6 Å². The van der Waals surface area contributed by atoms with Crippen LogP contribution in [0.4, 0.5) is 0 Å². The average Bonchev–Trinajstić information content (AvgIpc) is 2.88. The fraction of sp³-hybridized carbons (Fsp3) is 1.00. The van der Waals surface area contributed by atoms with Gasteiger partial charge in [0.25, 0.3) is 0 Å². The molecule has 0 aliphatic heterocycles. The van der Waals surface area contributed by atoms with Gasteiger partial charge >= 0.3 is 33.6 Å². The van der Waals surface area contributed by atoms with Gasteiger partial charge in [-0.05, 0) is 37.7 Å². The van der Waals surface area contributed by atoms with E-state index in [4.69, 9.17) is 0 Å². The first kappa shape index (κ1) is 54.9. The van der Waals surface area contributed by atoms with E-state index in [0.717, 1.165) is 38.5 Å². The van der Waals surface area contributed by atoms with Crippen LogP contribution in [-0.2, 0) is 47.3 Å². The third-order valence-corrected chi connectivity index (χ3v) is 9.45. The second-order valence-electron chi connectivity index (χ2n) is 11.4. The Bertz CT molecular complexity index is 596. The summed E-state index contributed by atoms with van der Waals surface area (Å²) < 4.78 is 30.8. The largest absolute Gasteiger partial charge is 3.00 e. The second-order valence-corrected chi connectivity index (χ2v) is 16.4. The van der Waals surface area contributed by atoms with Crippen LogP contribution in [0, 0.1) is 0 Å². The maximum absolute atomic E-state index is 10.3. The second kappa shape index (κ2) is 38.9. The molecule has 0 unspecified atom stereocenters. The van der Waals surface area contributed by atoms with E-state index in [2.05, 4.69) is 20.8 Å². The molecule has 44 heavy (non-hydrogen) atoms. The van der Waals surface area contributed by atoms with Gasteiger partial charge in [-0.1, -0.05) is 178 Å². The zero-order valence-electron chi connectivity index (χ0n) is 27.8. The molecule has 0 atom stereocenters. The van der Waals surface area contributed by atoms with Crippen LogP contribution in [0.2, 0.25) is 0 Å². The van der Waals surface area contributed by atoms with Crippen LogP contribution in [0.15, 0.2) is 0 Å². The molecule has 0 rings (SSSR count). The molecule has 9 nitrogen and oxygen atoms in total. The third kappa shape index (κ3) is 66.0. The molecule has 270 valence electrons. The Hall–Kier alpha value is 1.46. The minimum Gasteiger partial charge on any atom is -0.811 e. The molecule has 0 N–H and O–H groups in total. The Balaban J connectivity index is -0.000000169. The van der Waals surface area contributed by atoms with Crippen LogP contribution in [0.3, 0.4) is 0 Å². The SMILES string of the molecule is CCCCCCCCCCP(=O)([O-])[O-].CCCCCCCCCCP(=O)([O-])[O-].CCCCCCCCCCP(=O)([O-])[O-].[Co+3].[Co+3]. The van der Waals surface area contributed by atoms with Crippen molar-refractivity contribution in [2.24, 2.45) is 0 Å². The summed E-state index contributed by atoms with van der Waals surface area (Å²) in [4.78, 5) is 61.7. The van der Waals surface area contributed by atoms with E-state index >= 15 is 0 Å². The van der Waals surface area contributed by atoms with Crippen molar-refractivity contribution in [2.75, 3.05) is 18.5 Å². The Morgan fingerprint density at radius 1 is 0.295 bits per heavy atom. The number of hydrogen-bond acceptors (Lipinski definition) is 9. The fourth-order valence-corrected chi connectivity index (χ4v) is 6.15. The zero-order chi connectivity index (χ0) is 32.6. The van der Waals surface area contributed by atoms with Crippen LogP contribution in [0.25, 0.3) is 0 Å². The molecule has 0 fully saturated rings. The summed E-state index contributed by atoms with van der Waals surface area (Å²) in [6.45, 7) is 6.54. The molecular formula is C30H63Co2O9P3. The zero-order valence-corrected chi connectivity index (χ0v) is 32.5. The fourth-order valence-electron chi connectivity index (χ4n) is 4.32. The van der Waals surface area contributed by atoms with Crippen LogP contribution >= 0.6 is 22.8 Å². The Morgan fingerprint density at radius 3 is 0.568 bits per heavy atom. The van der Waals surface area contributed by atoms with Gasteiger partial charge in [0, 0.05) is 0 Å². The Kier molecular flexibility index (Phi) is 48.5. The van der Waals surface area contributed by atoms with Crippen LogP contribution < -0.4 is 29.4 Å². The smallest absolute Gasteiger partial charge is 0.811 e. The van der Waals surface area contributed by atoms with Gasteiger partial charge in [-0.3, -0.25) is 0 Å². The van der Waals surface area contributed by atoms with Crippen molar-refractivity contribution in [1.82, 2.24) is 0 Å². The van der Waals surface area contributed by atoms with E-state index in [0.29, 0.717) is 19.3 Å². The van der Waals surface area contributed by atoms with E-state index in [1.165, 1.54) is 96.3 Å². The molecule has 0 aromatic heterocycles. The van der Waals surface area contributed by atoms with Crippen molar-refractivity contribution in [3.05, 3.63) is 0 Å². The Morgan fingerprint density at radius 2 is 0.432 bits per heavy atom. The number of rotatable bonds is 27. The van der Waals surface area contributed by atoms with Crippen LogP contribution in [0.1, 0.15) is 175 Å². The molecule has 0 aromatic carbocycles. The summed E-state index contributed by atoms with van der Waals surface area (Å²) in [6.07, 6.45) is 25.6. The van der Waals surface area contributed by atoms with Crippen molar-refractivity contribution in [3.8, 4) is 0 Å². The normalized spacial score (nSPS) is 11.4. The first-order chi connectivity index (χ1) is 19.7. The van der Waals surface area contributed by atoms with Gasteiger partial charge in [-0.2, -0.15) is 0 Å². The molecule has 0 heterocycles. The van der Waals surface area contributed by atoms with E-state index in [-0.39, 0.29) is 52.0 Å². The van der Waals surface area contributed by atoms with Gasteiger partial charge in [-0.15, -0.1) is 0 Å². The topological polar surface area (TPSA) is 190 Å². The van der Waals surface area contributed by atoms with Gasteiger partial charge in [0.2, 0.25) is 0 Å². The van der Waals surface area contributed by atoms with Crippen molar-refractivity contribution >= 4 is 22.8 Å². The third-order valence-electron chi connectivity index (χ3n) is 6.86. The summed E-state index contributed by atoms with van der Waals surface area (Å²) in [7, 11) is -12.7. The van der Waals surface area contributed by atoms with Gasteiger partial charge in [0.15, 0.2) is 0 Å². The van der Waals surface area contributed by atoms with Crippen molar-refractivity contribution in [1.29, 1.82) is 0 Å². The van der Waals surface area contributed by atoms with E-state index in [1.54, 1.807) is 0 Å². The van der Waals surface area contributed by atoms with Gasteiger partial charge in [0.1, 0.15) is 0 Å². The van der Waals surface area contributed by atoms with Gasteiger partial charge in [-0.25, -0.2) is 0 Å². The maximum atomic E-state index is 10.3. The van der Waals surface area contributed by atoms with Gasteiger partial charge < -0.3 is 43.1 Å². The molecule has 14 heteroatoms. The van der Waals surface area contributed by atoms with Crippen LogP contribution in [0.5, 0.6) is 0 Å². The molecule has 0 spiro atoms. The van der Waals surface area contributed by atoms with E-state index in [9.17, 15) is 43.1 Å². The maximum Gasteiger partial charge on any atom is 3.00 e. The molecule has 0 radical (unpaired) electrons. The number of hydrogen-bond donors (Lipinski definition) is 0. The van der Waals surface area contributed by atoms with Crippen molar-refractivity contribution in [3.63, 3.8) is 0 Å². The molecule has 0 amide bonds. The summed E-state index contributed by atoms with van der Waals surface area (Å²) >= 11 is 0. The molecular weight excluding hydrogens is 715 g/mol. The summed E-state index contributed by atoms with van der Waals surface area (Å²) in [5.74, 6) is 0. The molecule has 0 bridgehead atoms. The molecule has 0 aliphatic rings. The minimum atomic E-state index is -4.23. The van der Waals surface area contributed by atoms with Crippen LogP contribution in [-0.4, -0.2) is 18.5 Å². The summed E-state index contributed by atoms with van der Waals surface area (Å²) in [5, 5.41) is 0. The molecule has 0 saturated heterocycles. The Labute approximate surface area is 291 Å². The summed E-state index contributed by atoms with van der Waals surface area (Å²) in [5.41, 5.74) is 0. The molecule has 0 aromatic rings. The molecule has 0 saturated carbocycles. The first-order valence-electron chi connectivity index (χ1n) is 16.7. The average molecular weight is 779 g/mol. The predicted octanol–water partition coefficient (Wildman–Crippen LogP) is 6.12. The monoisotopic (exact) mass is 778 g/mol. The first-order valence-corrected chi connectivity index (χ1v) is 21.9. The summed E-state index contributed by atoms with van der Waals surface area (Å²) in [6, 6.07) is 0. The number of unbranched alkanes of at least 4 members (excludes halogenated alkanes) is 21. The van der Waals surface area contributed by atoms with E-state index < -0.39 is 22.8 Å². The quantitative estimate of drug-likeness (QED) is 0.0699. The molecule has 0 aliphatic carbocycles. The standard InChI is InChI=1S/3C10H23O3P.2Co/c3*1-2-3-4-5-6-7-8-9-10-14(11,12)13;;/h3*2-10H2,1H3,(H2,11,12,13);;/q;;;2*+3/p-6. The van der Waals surface area contributed by atoms with Gasteiger partial charge in [0.05, 0.1) is 0 Å². The minimum absolute atomic E-state index is 0.